The fourth-order valence-corrected chi connectivity index (χ4v) is 5.37. The van der Waals surface area contributed by atoms with E-state index in [9.17, 15) is 0 Å². The lowest BCUT2D eigenvalue weighted by Crippen LogP contribution is -2.01. The topological polar surface area (TPSA) is 17.0 Å². The first-order chi connectivity index (χ1) is 14.8. The van der Waals surface area contributed by atoms with Crippen LogP contribution in [0.4, 0.5) is 11.4 Å². The van der Waals surface area contributed by atoms with Crippen molar-refractivity contribution in [2.24, 2.45) is 0 Å². The van der Waals surface area contributed by atoms with Gasteiger partial charge in [-0.05, 0) is 36.4 Å². The molecule has 0 unspecified atom stereocenters. The van der Waals surface area contributed by atoms with Crippen LogP contribution in [0.3, 0.4) is 0 Å². The van der Waals surface area contributed by atoms with E-state index < -0.39 is 0 Å². The SMILES string of the molecule is Clc1ccccc1-n1cc(-c2cccc3c2Nc2ccccc2S3)c2ccccc21. The van der Waals surface area contributed by atoms with Gasteiger partial charge in [0.2, 0.25) is 0 Å². The molecule has 4 aromatic carbocycles. The number of hydrogen-bond acceptors (Lipinski definition) is 2. The maximum atomic E-state index is 6.55. The number of para-hydroxylation sites is 4. The van der Waals surface area contributed by atoms with Crippen LogP contribution in [-0.2, 0) is 0 Å². The van der Waals surface area contributed by atoms with E-state index in [0.717, 1.165) is 27.6 Å². The van der Waals surface area contributed by atoms with Crippen molar-refractivity contribution in [3.05, 3.63) is 102 Å². The second kappa shape index (κ2) is 6.98. The summed E-state index contributed by atoms with van der Waals surface area (Å²) >= 11 is 8.36. The molecule has 2 nitrogen and oxygen atoms in total. The lowest BCUT2D eigenvalue weighted by Gasteiger charge is -2.23. The van der Waals surface area contributed by atoms with Gasteiger partial charge in [0.25, 0.3) is 0 Å². The van der Waals surface area contributed by atoms with E-state index in [4.69, 9.17) is 11.6 Å². The molecule has 2 heterocycles. The number of anilines is 2. The number of benzene rings is 4. The molecule has 6 rings (SSSR count). The van der Waals surface area contributed by atoms with Crippen LogP contribution in [0, 0.1) is 0 Å². The lowest BCUT2D eigenvalue weighted by atomic mass is 10.0. The van der Waals surface area contributed by atoms with Crippen LogP contribution in [-0.4, -0.2) is 4.57 Å². The average Bonchev–Trinajstić information content (AvgIpc) is 3.17. The molecule has 144 valence electrons. The summed E-state index contributed by atoms with van der Waals surface area (Å²) in [7, 11) is 0. The van der Waals surface area contributed by atoms with Crippen molar-refractivity contribution in [3.8, 4) is 16.8 Å². The van der Waals surface area contributed by atoms with Crippen LogP contribution in [0.2, 0.25) is 5.02 Å². The summed E-state index contributed by atoms with van der Waals surface area (Å²) in [5.41, 5.74) is 6.81. The number of halogens is 1. The van der Waals surface area contributed by atoms with Crippen molar-refractivity contribution in [3.63, 3.8) is 0 Å². The van der Waals surface area contributed by atoms with Crippen LogP contribution >= 0.6 is 23.4 Å². The Hall–Kier alpha value is -3.14. The number of rotatable bonds is 2. The molecule has 0 aliphatic carbocycles. The Bertz CT molecular complexity index is 1420. The van der Waals surface area contributed by atoms with E-state index in [2.05, 4.69) is 88.9 Å². The van der Waals surface area contributed by atoms with Crippen LogP contribution < -0.4 is 5.32 Å². The summed E-state index contributed by atoms with van der Waals surface area (Å²) in [6, 6.07) is 31.4. The number of nitrogens with zero attached hydrogens (tertiary/aromatic N) is 1. The van der Waals surface area contributed by atoms with Gasteiger partial charge in [-0.15, -0.1) is 0 Å². The van der Waals surface area contributed by atoms with E-state index in [1.807, 2.05) is 30.0 Å². The van der Waals surface area contributed by atoms with E-state index in [0.29, 0.717) is 0 Å². The summed E-state index contributed by atoms with van der Waals surface area (Å²) in [4.78, 5) is 2.49. The average molecular weight is 425 g/mol. The predicted molar refractivity (Wildman–Crippen MR) is 128 cm³/mol. The lowest BCUT2D eigenvalue weighted by molar-refractivity contribution is 1.13. The Morgan fingerprint density at radius 2 is 1.47 bits per heavy atom. The van der Waals surface area contributed by atoms with Gasteiger partial charge in [0.15, 0.2) is 0 Å². The van der Waals surface area contributed by atoms with Crippen molar-refractivity contribution in [1.29, 1.82) is 0 Å². The highest BCUT2D eigenvalue weighted by atomic mass is 35.5. The number of aromatic nitrogens is 1. The van der Waals surface area contributed by atoms with Gasteiger partial charge >= 0.3 is 0 Å². The normalized spacial score (nSPS) is 12.3. The molecular weight excluding hydrogens is 408 g/mol. The van der Waals surface area contributed by atoms with Crippen LogP contribution in [0.25, 0.3) is 27.7 Å². The van der Waals surface area contributed by atoms with Gasteiger partial charge in [-0.3, -0.25) is 0 Å². The molecule has 0 saturated heterocycles. The minimum absolute atomic E-state index is 0.738. The predicted octanol–water partition coefficient (Wildman–Crippen LogP) is 8.16. The fraction of sp³-hybridized carbons (Fsp3) is 0. The zero-order chi connectivity index (χ0) is 20.1. The van der Waals surface area contributed by atoms with Crippen LogP contribution in [0.15, 0.2) is 107 Å². The first-order valence-electron chi connectivity index (χ1n) is 9.82. The first kappa shape index (κ1) is 17.7. The summed E-state index contributed by atoms with van der Waals surface area (Å²) in [5, 5.41) is 5.62. The minimum Gasteiger partial charge on any atom is -0.353 e. The quantitative estimate of drug-likeness (QED) is 0.302. The van der Waals surface area contributed by atoms with Crippen molar-refractivity contribution in [2.75, 3.05) is 5.32 Å². The Labute approximate surface area is 184 Å². The maximum Gasteiger partial charge on any atom is 0.0646 e. The highest BCUT2D eigenvalue weighted by Crippen LogP contribution is 2.49. The molecule has 4 heteroatoms. The maximum absolute atomic E-state index is 6.55. The molecular formula is C26H17ClN2S. The molecule has 1 aliphatic rings. The molecule has 0 saturated carbocycles. The van der Waals surface area contributed by atoms with E-state index >= 15 is 0 Å². The minimum atomic E-state index is 0.738. The second-order valence-electron chi connectivity index (χ2n) is 7.28. The monoisotopic (exact) mass is 424 g/mol. The number of hydrogen-bond donors (Lipinski definition) is 1. The van der Waals surface area contributed by atoms with Gasteiger partial charge in [0.1, 0.15) is 0 Å². The van der Waals surface area contributed by atoms with Gasteiger partial charge in [0.05, 0.1) is 27.6 Å². The summed E-state index contributed by atoms with van der Waals surface area (Å²) in [6.07, 6.45) is 2.20. The first-order valence-corrected chi connectivity index (χ1v) is 11.0. The smallest absolute Gasteiger partial charge is 0.0646 e. The van der Waals surface area contributed by atoms with E-state index in [-0.39, 0.29) is 0 Å². The Morgan fingerprint density at radius 3 is 2.40 bits per heavy atom. The molecule has 1 aromatic heterocycles. The van der Waals surface area contributed by atoms with Gasteiger partial charge in [-0.1, -0.05) is 78.0 Å². The van der Waals surface area contributed by atoms with Crippen molar-refractivity contribution < 1.29 is 0 Å². The third kappa shape index (κ3) is 2.74. The fourth-order valence-electron chi connectivity index (χ4n) is 4.12. The van der Waals surface area contributed by atoms with E-state index in [1.165, 1.54) is 26.3 Å². The van der Waals surface area contributed by atoms with Crippen LogP contribution in [0.1, 0.15) is 0 Å². The standard InChI is InChI=1S/C26H17ClN2S/c27-20-10-2-5-13-23(20)29-16-19(17-8-1-4-12-22(17)29)18-9-7-15-25-26(18)28-21-11-3-6-14-24(21)30-25/h1-16,28H. The Kier molecular flexibility index (Phi) is 4.12. The molecule has 0 amide bonds. The zero-order valence-corrected chi connectivity index (χ0v) is 17.5. The largest absolute Gasteiger partial charge is 0.353 e. The van der Waals surface area contributed by atoms with Gasteiger partial charge < -0.3 is 9.88 Å². The highest BCUT2D eigenvalue weighted by Gasteiger charge is 2.21. The number of fused-ring (bicyclic) bond motifs is 3. The Morgan fingerprint density at radius 1 is 0.700 bits per heavy atom. The third-order valence-corrected chi connectivity index (χ3v) is 6.96. The molecule has 1 aliphatic heterocycles. The van der Waals surface area contributed by atoms with Gasteiger partial charge in [-0.2, -0.15) is 0 Å². The Balaban J connectivity index is 1.59. The van der Waals surface area contributed by atoms with Crippen LogP contribution in [0.5, 0.6) is 0 Å². The molecule has 0 spiro atoms. The van der Waals surface area contributed by atoms with Crippen molar-refractivity contribution >= 4 is 45.6 Å². The molecule has 1 N–H and O–H groups in total. The van der Waals surface area contributed by atoms with Crippen molar-refractivity contribution in [1.82, 2.24) is 4.57 Å². The second-order valence-corrected chi connectivity index (χ2v) is 8.77. The number of nitrogens with one attached hydrogen (secondary N) is 1. The highest BCUT2D eigenvalue weighted by molar-refractivity contribution is 7.99. The zero-order valence-electron chi connectivity index (χ0n) is 16.0. The van der Waals surface area contributed by atoms with Crippen molar-refractivity contribution in [2.45, 2.75) is 9.79 Å². The summed E-state index contributed by atoms with van der Waals surface area (Å²) in [5.74, 6) is 0. The summed E-state index contributed by atoms with van der Waals surface area (Å²) in [6.45, 7) is 0. The van der Waals surface area contributed by atoms with Gasteiger partial charge in [0, 0.05) is 32.5 Å². The van der Waals surface area contributed by atoms with E-state index in [1.54, 1.807) is 0 Å². The molecule has 5 aromatic rings. The molecule has 0 fully saturated rings. The molecule has 0 atom stereocenters. The third-order valence-electron chi connectivity index (χ3n) is 5.51. The summed E-state index contributed by atoms with van der Waals surface area (Å²) < 4.78 is 2.19. The molecule has 30 heavy (non-hydrogen) atoms. The molecule has 0 radical (unpaired) electrons. The molecule has 0 bridgehead atoms. The van der Waals surface area contributed by atoms with Gasteiger partial charge in [-0.25, -0.2) is 0 Å².